The standard InChI is InChI=1S/C12H21NO3/c1-11(2,3)16-10(14)13-8-9-4-7-15-12(9)5-6-12/h9H,4-8H2,1-3H3,(H,13,14). The van der Waals surface area contributed by atoms with Crippen LogP contribution in [0.3, 0.4) is 0 Å². The minimum atomic E-state index is -0.423. The smallest absolute Gasteiger partial charge is 0.407 e. The highest BCUT2D eigenvalue weighted by Crippen LogP contribution is 2.50. The Hall–Kier alpha value is -0.770. The van der Waals surface area contributed by atoms with E-state index in [1.54, 1.807) is 0 Å². The number of rotatable bonds is 2. The van der Waals surface area contributed by atoms with E-state index in [9.17, 15) is 4.79 Å². The topological polar surface area (TPSA) is 47.6 Å². The van der Waals surface area contributed by atoms with E-state index in [1.807, 2.05) is 20.8 Å². The fraction of sp³-hybridized carbons (Fsp3) is 0.917. The van der Waals surface area contributed by atoms with Gasteiger partial charge in [-0.05, 0) is 40.0 Å². The van der Waals surface area contributed by atoms with E-state index in [0.29, 0.717) is 12.5 Å². The molecule has 1 aliphatic carbocycles. The summed E-state index contributed by atoms with van der Waals surface area (Å²) in [5, 5.41) is 2.84. The highest BCUT2D eigenvalue weighted by molar-refractivity contribution is 5.67. The predicted octanol–water partition coefficient (Wildman–Crippen LogP) is 2.08. The number of hydrogen-bond acceptors (Lipinski definition) is 3. The first-order chi connectivity index (χ1) is 7.41. The molecule has 0 radical (unpaired) electrons. The minimum absolute atomic E-state index is 0.106. The molecule has 0 aromatic rings. The van der Waals surface area contributed by atoms with Crippen molar-refractivity contribution >= 4 is 6.09 Å². The summed E-state index contributed by atoms with van der Waals surface area (Å²) >= 11 is 0. The first kappa shape index (κ1) is 11.7. The van der Waals surface area contributed by atoms with Crippen molar-refractivity contribution in [2.24, 2.45) is 5.92 Å². The molecule has 1 spiro atoms. The quantitative estimate of drug-likeness (QED) is 0.785. The third kappa shape index (κ3) is 2.67. The van der Waals surface area contributed by atoms with Crippen LogP contribution >= 0.6 is 0 Å². The Bertz CT molecular complexity index is 278. The Morgan fingerprint density at radius 1 is 1.50 bits per heavy atom. The lowest BCUT2D eigenvalue weighted by Gasteiger charge is -2.22. The summed E-state index contributed by atoms with van der Waals surface area (Å²) in [6, 6.07) is 0. The molecule has 1 heterocycles. The highest BCUT2D eigenvalue weighted by Gasteiger charge is 2.53. The minimum Gasteiger partial charge on any atom is -0.444 e. The number of carbonyl (C=O) groups is 1. The molecule has 2 aliphatic rings. The summed E-state index contributed by atoms with van der Waals surface area (Å²) in [5.74, 6) is 0.472. The maximum Gasteiger partial charge on any atom is 0.407 e. The SMILES string of the molecule is CC(C)(C)OC(=O)NCC1CCOC12CC2. The molecule has 92 valence electrons. The predicted molar refractivity (Wildman–Crippen MR) is 60.3 cm³/mol. The zero-order chi connectivity index (χ0) is 11.8. The fourth-order valence-electron chi connectivity index (χ4n) is 2.27. The van der Waals surface area contributed by atoms with Crippen molar-refractivity contribution in [2.75, 3.05) is 13.2 Å². The van der Waals surface area contributed by atoms with Crippen molar-refractivity contribution in [3.05, 3.63) is 0 Å². The van der Waals surface area contributed by atoms with Crippen LogP contribution in [-0.2, 0) is 9.47 Å². The Labute approximate surface area is 96.7 Å². The van der Waals surface area contributed by atoms with Crippen LogP contribution in [0.1, 0.15) is 40.0 Å². The molecule has 1 aliphatic heterocycles. The lowest BCUT2D eigenvalue weighted by molar-refractivity contribution is 0.0471. The van der Waals surface area contributed by atoms with E-state index in [-0.39, 0.29) is 11.7 Å². The van der Waals surface area contributed by atoms with Crippen molar-refractivity contribution in [3.63, 3.8) is 0 Å². The van der Waals surface area contributed by atoms with Crippen LogP contribution in [0.15, 0.2) is 0 Å². The molecule has 1 unspecified atom stereocenters. The molecule has 16 heavy (non-hydrogen) atoms. The van der Waals surface area contributed by atoms with Crippen molar-refractivity contribution in [1.82, 2.24) is 5.32 Å². The average molecular weight is 227 g/mol. The van der Waals surface area contributed by atoms with Gasteiger partial charge >= 0.3 is 6.09 Å². The number of carbonyl (C=O) groups excluding carboxylic acids is 1. The van der Waals surface area contributed by atoms with Crippen LogP contribution in [0.4, 0.5) is 4.79 Å². The average Bonchev–Trinajstić information content (AvgIpc) is 2.75. The van der Waals surface area contributed by atoms with E-state index in [2.05, 4.69) is 5.32 Å². The third-order valence-electron chi connectivity index (χ3n) is 3.23. The largest absolute Gasteiger partial charge is 0.444 e. The molecule has 1 atom stereocenters. The summed E-state index contributed by atoms with van der Waals surface area (Å²) in [6.07, 6.45) is 3.02. The van der Waals surface area contributed by atoms with E-state index in [4.69, 9.17) is 9.47 Å². The molecular formula is C12H21NO3. The van der Waals surface area contributed by atoms with Gasteiger partial charge in [-0.3, -0.25) is 0 Å². The molecule has 0 aromatic carbocycles. The molecule has 0 bridgehead atoms. The number of alkyl carbamates (subject to hydrolysis) is 1. The maximum atomic E-state index is 11.5. The zero-order valence-corrected chi connectivity index (χ0v) is 10.3. The number of hydrogen-bond donors (Lipinski definition) is 1. The van der Waals surface area contributed by atoms with Crippen molar-refractivity contribution in [3.8, 4) is 0 Å². The van der Waals surface area contributed by atoms with Gasteiger partial charge in [0.05, 0.1) is 5.60 Å². The van der Waals surface area contributed by atoms with Gasteiger partial charge in [0.2, 0.25) is 0 Å². The monoisotopic (exact) mass is 227 g/mol. The van der Waals surface area contributed by atoms with Gasteiger partial charge < -0.3 is 14.8 Å². The number of ether oxygens (including phenoxy) is 2. The van der Waals surface area contributed by atoms with Crippen LogP contribution < -0.4 is 5.32 Å². The normalized spacial score (nSPS) is 26.8. The second-order valence-electron chi connectivity index (χ2n) is 5.78. The third-order valence-corrected chi connectivity index (χ3v) is 3.23. The van der Waals surface area contributed by atoms with E-state index in [0.717, 1.165) is 25.9 Å². The van der Waals surface area contributed by atoms with E-state index >= 15 is 0 Å². The Balaban J connectivity index is 1.73. The molecule has 0 aromatic heterocycles. The lowest BCUT2D eigenvalue weighted by Crippen LogP contribution is -2.37. The molecule has 1 saturated carbocycles. The molecule has 1 N–H and O–H groups in total. The second kappa shape index (κ2) is 3.91. The van der Waals surface area contributed by atoms with Crippen molar-refractivity contribution < 1.29 is 14.3 Å². The van der Waals surface area contributed by atoms with Crippen molar-refractivity contribution in [1.29, 1.82) is 0 Å². The van der Waals surface area contributed by atoms with E-state index in [1.165, 1.54) is 0 Å². The molecule has 4 nitrogen and oxygen atoms in total. The van der Waals surface area contributed by atoms with Gasteiger partial charge in [0.15, 0.2) is 0 Å². The summed E-state index contributed by atoms with van der Waals surface area (Å²) < 4.78 is 10.9. The fourth-order valence-corrected chi connectivity index (χ4v) is 2.27. The van der Waals surface area contributed by atoms with Gasteiger partial charge in [-0.15, -0.1) is 0 Å². The summed E-state index contributed by atoms with van der Waals surface area (Å²) in [5.41, 5.74) is -0.317. The molecule has 4 heteroatoms. The van der Waals surface area contributed by atoms with Gasteiger partial charge in [0.1, 0.15) is 5.60 Å². The van der Waals surface area contributed by atoms with Crippen LogP contribution in [0, 0.1) is 5.92 Å². The maximum absolute atomic E-state index is 11.5. The molecule has 2 fully saturated rings. The zero-order valence-electron chi connectivity index (χ0n) is 10.3. The Morgan fingerprint density at radius 2 is 2.19 bits per heavy atom. The van der Waals surface area contributed by atoms with E-state index < -0.39 is 5.60 Å². The highest BCUT2D eigenvalue weighted by atomic mass is 16.6. The lowest BCUT2D eigenvalue weighted by atomic mass is 10.00. The Morgan fingerprint density at radius 3 is 2.75 bits per heavy atom. The van der Waals surface area contributed by atoms with Gasteiger partial charge in [-0.25, -0.2) is 4.79 Å². The first-order valence-electron chi connectivity index (χ1n) is 6.02. The van der Waals surface area contributed by atoms with Crippen LogP contribution in [0.25, 0.3) is 0 Å². The van der Waals surface area contributed by atoms with Gasteiger partial charge in [0.25, 0.3) is 0 Å². The summed E-state index contributed by atoms with van der Waals surface area (Å²) in [7, 11) is 0. The van der Waals surface area contributed by atoms with Crippen molar-refractivity contribution in [2.45, 2.75) is 51.2 Å². The van der Waals surface area contributed by atoms with Gasteiger partial charge in [-0.1, -0.05) is 0 Å². The van der Waals surface area contributed by atoms with Gasteiger partial charge in [0, 0.05) is 19.1 Å². The molecular weight excluding hydrogens is 206 g/mol. The summed E-state index contributed by atoms with van der Waals surface area (Å²) in [4.78, 5) is 11.5. The van der Waals surface area contributed by atoms with Crippen LogP contribution in [0.2, 0.25) is 0 Å². The second-order valence-corrected chi connectivity index (χ2v) is 5.78. The number of nitrogens with one attached hydrogen (secondary N) is 1. The van der Waals surface area contributed by atoms with Gasteiger partial charge in [-0.2, -0.15) is 0 Å². The molecule has 1 amide bonds. The summed E-state index contributed by atoms with van der Waals surface area (Å²) in [6.45, 7) is 7.12. The molecule has 1 saturated heterocycles. The van der Waals surface area contributed by atoms with Crippen LogP contribution in [0.5, 0.6) is 0 Å². The Kier molecular flexibility index (Phi) is 2.86. The number of amides is 1. The molecule has 2 rings (SSSR count). The first-order valence-corrected chi connectivity index (χ1v) is 6.02. The van der Waals surface area contributed by atoms with Crippen LogP contribution in [-0.4, -0.2) is 30.4 Å².